The SMILES string of the molecule is Cc1cc2c(s1)Nc1ccccc1N=C2N1CCN(C)C(CCOc2ccccc2)C1. The number of para-hydroxylation sites is 3. The van der Waals surface area contributed by atoms with Crippen LogP contribution in [0.2, 0.25) is 0 Å². The molecule has 0 aliphatic carbocycles. The van der Waals surface area contributed by atoms with Crippen LogP contribution >= 0.6 is 11.3 Å². The highest BCUT2D eigenvalue weighted by Crippen LogP contribution is 2.39. The normalized spacial score (nSPS) is 18.5. The fourth-order valence-electron chi connectivity index (χ4n) is 4.27. The second-order valence-corrected chi connectivity index (χ2v) is 9.46. The van der Waals surface area contributed by atoms with Gasteiger partial charge in [0.05, 0.1) is 23.5 Å². The monoisotopic (exact) mass is 432 g/mol. The van der Waals surface area contributed by atoms with Gasteiger partial charge >= 0.3 is 0 Å². The Morgan fingerprint density at radius 2 is 1.90 bits per heavy atom. The van der Waals surface area contributed by atoms with Gasteiger partial charge in [0.25, 0.3) is 0 Å². The molecular formula is C25H28N4OS. The predicted octanol–water partition coefficient (Wildman–Crippen LogP) is 5.28. The number of fused-ring (bicyclic) bond motifs is 2. The van der Waals surface area contributed by atoms with Crippen LogP contribution in [0.1, 0.15) is 16.9 Å². The molecule has 1 unspecified atom stereocenters. The summed E-state index contributed by atoms with van der Waals surface area (Å²) in [7, 11) is 2.22. The van der Waals surface area contributed by atoms with Crippen LogP contribution in [0.15, 0.2) is 65.7 Å². The lowest BCUT2D eigenvalue weighted by Crippen LogP contribution is -2.53. The number of aryl methyl sites for hydroxylation is 1. The summed E-state index contributed by atoms with van der Waals surface area (Å²) in [6, 6.07) is 21.1. The number of nitrogens with zero attached hydrogens (tertiary/aromatic N) is 3. The highest BCUT2D eigenvalue weighted by molar-refractivity contribution is 7.16. The highest BCUT2D eigenvalue weighted by atomic mass is 32.1. The molecule has 3 aromatic rings. The van der Waals surface area contributed by atoms with Gasteiger partial charge in [-0.2, -0.15) is 0 Å². The standard InChI is InChI=1S/C25H28N4OS/c1-18-16-21-24(26-22-10-6-7-11-23(22)27-25(21)31-18)29-14-13-28(2)19(17-29)12-15-30-20-8-4-3-5-9-20/h3-11,16,19,27H,12-15,17H2,1-2H3. The molecule has 0 amide bonds. The second-order valence-electron chi connectivity index (χ2n) is 8.21. The van der Waals surface area contributed by atoms with Gasteiger partial charge in [-0.1, -0.05) is 30.3 Å². The van der Waals surface area contributed by atoms with Gasteiger partial charge in [0, 0.05) is 30.6 Å². The van der Waals surface area contributed by atoms with E-state index in [0.717, 1.165) is 49.0 Å². The first-order chi connectivity index (χ1) is 15.2. The lowest BCUT2D eigenvalue weighted by Gasteiger charge is -2.40. The lowest BCUT2D eigenvalue weighted by molar-refractivity contribution is 0.119. The molecule has 3 heterocycles. The number of thiophene rings is 1. The number of hydrogen-bond acceptors (Lipinski definition) is 6. The fourth-order valence-corrected chi connectivity index (χ4v) is 5.19. The molecule has 0 saturated carbocycles. The Balaban J connectivity index is 1.36. The third kappa shape index (κ3) is 4.31. The Morgan fingerprint density at radius 1 is 1.10 bits per heavy atom. The smallest absolute Gasteiger partial charge is 0.139 e. The number of piperazine rings is 1. The molecule has 1 saturated heterocycles. The Bertz CT molecular complexity index is 1080. The first-order valence-electron chi connectivity index (χ1n) is 10.9. The van der Waals surface area contributed by atoms with Gasteiger partial charge < -0.3 is 15.0 Å². The van der Waals surface area contributed by atoms with Crippen LogP contribution in [0.3, 0.4) is 0 Å². The molecule has 5 rings (SSSR count). The number of anilines is 2. The van der Waals surface area contributed by atoms with E-state index < -0.39 is 0 Å². The molecule has 1 fully saturated rings. The van der Waals surface area contributed by atoms with Crippen molar-refractivity contribution in [1.29, 1.82) is 0 Å². The van der Waals surface area contributed by atoms with Crippen LogP contribution in [-0.2, 0) is 0 Å². The summed E-state index contributed by atoms with van der Waals surface area (Å²) in [6.45, 7) is 5.82. The first kappa shape index (κ1) is 20.1. The predicted molar refractivity (Wildman–Crippen MR) is 130 cm³/mol. The van der Waals surface area contributed by atoms with E-state index in [1.807, 2.05) is 30.3 Å². The molecule has 1 aromatic heterocycles. The van der Waals surface area contributed by atoms with Crippen LogP contribution in [0.5, 0.6) is 5.75 Å². The summed E-state index contributed by atoms with van der Waals surface area (Å²) in [5.41, 5.74) is 3.28. The average molecular weight is 433 g/mol. The van der Waals surface area contributed by atoms with Crippen LogP contribution in [0.25, 0.3) is 0 Å². The number of aliphatic imine (C=N–C) groups is 1. The van der Waals surface area contributed by atoms with Crippen molar-refractivity contribution in [2.24, 2.45) is 4.99 Å². The zero-order valence-electron chi connectivity index (χ0n) is 18.0. The van der Waals surface area contributed by atoms with E-state index in [9.17, 15) is 0 Å². The van der Waals surface area contributed by atoms with Gasteiger partial charge in [-0.15, -0.1) is 11.3 Å². The number of hydrogen-bond donors (Lipinski definition) is 1. The summed E-state index contributed by atoms with van der Waals surface area (Å²) in [6.07, 6.45) is 0.986. The minimum Gasteiger partial charge on any atom is -0.494 e. The lowest BCUT2D eigenvalue weighted by atomic mass is 10.1. The van der Waals surface area contributed by atoms with E-state index in [0.29, 0.717) is 12.6 Å². The molecule has 5 nitrogen and oxygen atoms in total. The number of amidine groups is 1. The van der Waals surface area contributed by atoms with Crippen molar-refractivity contribution in [3.05, 3.63) is 71.1 Å². The number of rotatable bonds is 4. The summed E-state index contributed by atoms with van der Waals surface area (Å²) < 4.78 is 5.98. The molecular weight excluding hydrogens is 404 g/mol. The number of likely N-dealkylation sites (N-methyl/N-ethyl adjacent to an activating group) is 1. The largest absolute Gasteiger partial charge is 0.494 e. The topological polar surface area (TPSA) is 40.1 Å². The van der Waals surface area contributed by atoms with Gasteiger partial charge in [-0.25, -0.2) is 4.99 Å². The summed E-state index contributed by atoms with van der Waals surface area (Å²) in [5.74, 6) is 2.02. The van der Waals surface area contributed by atoms with Gasteiger partial charge in [0.15, 0.2) is 0 Å². The number of benzene rings is 2. The van der Waals surface area contributed by atoms with Crippen LogP contribution in [0, 0.1) is 6.92 Å². The Morgan fingerprint density at radius 3 is 2.77 bits per heavy atom. The molecule has 0 radical (unpaired) electrons. The molecule has 2 aromatic carbocycles. The van der Waals surface area contributed by atoms with Crippen LogP contribution in [-0.4, -0.2) is 55.0 Å². The van der Waals surface area contributed by atoms with E-state index in [-0.39, 0.29) is 0 Å². The van der Waals surface area contributed by atoms with E-state index in [1.165, 1.54) is 15.4 Å². The van der Waals surface area contributed by atoms with Crippen molar-refractivity contribution < 1.29 is 4.74 Å². The maximum Gasteiger partial charge on any atom is 0.139 e. The van der Waals surface area contributed by atoms with Crippen molar-refractivity contribution >= 4 is 33.5 Å². The second kappa shape index (κ2) is 8.73. The van der Waals surface area contributed by atoms with Crippen LogP contribution in [0.4, 0.5) is 16.4 Å². The van der Waals surface area contributed by atoms with Crippen molar-refractivity contribution in [2.45, 2.75) is 19.4 Å². The molecule has 2 aliphatic rings. The minimum absolute atomic E-state index is 0.426. The van der Waals surface area contributed by atoms with E-state index in [2.05, 4.69) is 59.4 Å². The quantitative estimate of drug-likeness (QED) is 0.609. The molecule has 1 N–H and O–H groups in total. The Kier molecular flexibility index (Phi) is 5.66. The van der Waals surface area contributed by atoms with Crippen LogP contribution < -0.4 is 10.1 Å². The van der Waals surface area contributed by atoms with Crippen molar-refractivity contribution in [2.75, 3.05) is 38.6 Å². The van der Waals surface area contributed by atoms with E-state index in [1.54, 1.807) is 11.3 Å². The minimum atomic E-state index is 0.426. The molecule has 31 heavy (non-hydrogen) atoms. The van der Waals surface area contributed by atoms with E-state index >= 15 is 0 Å². The van der Waals surface area contributed by atoms with Gasteiger partial charge in [0.1, 0.15) is 16.6 Å². The highest BCUT2D eigenvalue weighted by Gasteiger charge is 2.30. The molecule has 0 bridgehead atoms. The number of ether oxygens (including phenoxy) is 1. The van der Waals surface area contributed by atoms with Gasteiger partial charge in [-0.05, 0) is 50.7 Å². The zero-order chi connectivity index (χ0) is 21.2. The molecule has 2 aliphatic heterocycles. The number of nitrogens with one attached hydrogen (secondary N) is 1. The van der Waals surface area contributed by atoms with Gasteiger partial charge in [-0.3, -0.25) is 4.90 Å². The summed E-state index contributed by atoms with van der Waals surface area (Å²) >= 11 is 1.80. The van der Waals surface area contributed by atoms with Crippen molar-refractivity contribution in [1.82, 2.24) is 9.80 Å². The third-order valence-corrected chi connectivity index (χ3v) is 6.98. The molecule has 6 heteroatoms. The fraction of sp³-hybridized carbons (Fsp3) is 0.320. The first-order valence-corrected chi connectivity index (χ1v) is 11.7. The third-order valence-electron chi connectivity index (χ3n) is 6.01. The molecule has 160 valence electrons. The Labute approximate surface area is 188 Å². The Hall–Kier alpha value is -2.83. The molecule has 1 atom stereocenters. The van der Waals surface area contributed by atoms with Crippen molar-refractivity contribution in [3.8, 4) is 5.75 Å². The van der Waals surface area contributed by atoms with Crippen molar-refractivity contribution in [3.63, 3.8) is 0 Å². The van der Waals surface area contributed by atoms with E-state index in [4.69, 9.17) is 9.73 Å². The maximum absolute atomic E-state index is 5.98. The molecule has 0 spiro atoms. The summed E-state index contributed by atoms with van der Waals surface area (Å²) in [4.78, 5) is 11.4. The maximum atomic E-state index is 5.98. The summed E-state index contributed by atoms with van der Waals surface area (Å²) in [5, 5.41) is 4.80. The average Bonchev–Trinajstić information content (AvgIpc) is 3.07. The van der Waals surface area contributed by atoms with Gasteiger partial charge in [0.2, 0.25) is 0 Å². The zero-order valence-corrected chi connectivity index (χ0v) is 18.9.